The zero-order valence-electron chi connectivity index (χ0n) is 12.2. The van der Waals surface area contributed by atoms with Crippen LogP contribution in [-0.2, 0) is 0 Å². The molecule has 1 amide bonds. The number of hydrogen-bond donors (Lipinski definition) is 0. The number of carbonyl (C=O) groups excluding carboxylic acids is 1. The molecule has 1 fully saturated rings. The first kappa shape index (κ1) is 15.8. The van der Waals surface area contributed by atoms with Crippen LogP contribution in [0.15, 0.2) is 22.7 Å². The molecular formula is C16H21BrClNO. The van der Waals surface area contributed by atoms with Crippen LogP contribution in [-0.4, -0.2) is 23.9 Å². The zero-order chi connectivity index (χ0) is 14.9. The number of rotatable bonds is 2. The minimum atomic E-state index is 0.0536. The average Bonchev–Trinajstić information content (AvgIpc) is 2.36. The predicted octanol–water partition coefficient (Wildman–Crippen LogP) is 5.14. The maximum atomic E-state index is 12.6. The van der Waals surface area contributed by atoms with E-state index in [0.29, 0.717) is 22.0 Å². The van der Waals surface area contributed by atoms with E-state index >= 15 is 0 Å². The standard InChI is InChI=1S/C16H21BrClNO/c1-16(2)6-4-14(5-7-16)19(3)15(20)11-8-12(17)10-13(18)9-11/h8-10,14H,4-7H2,1-3H3. The number of carbonyl (C=O) groups is 1. The van der Waals surface area contributed by atoms with E-state index < -0.39 is 0 Å². The molecule has 0 heterocycles. The van der Waals surface area contributed by atoms with Crippen molar-refractivity contribution >= 4 is 33.4 Å². The highest BCUT2D eigenvalue weighted by molar-refractivity contribution is 9.10. The van der Waals surface area contributed by atoms with Gasteiger partial charge in [-0.1, -0.05) is 41.4 Å². The van der Waals surface area contributed by atoms with E-state index in [1.54, 1.807) is 12.1 Å². The van der Waals surface area contributed by atoms with E-state index in [2.05, 4.69) is 29.8 Å². The minimum absolute atomic E-state index is 0.0536. The van der Waals surface area contributed by atoms with Gasteiger partial charge in [0.2, 0.25) is 0 Å². The lowest BCUT2D eigenvalue weighted by molar-refractivity contribution is 0.0635. The molecule has 110 valence electrons. The van der Waals surface area contributed by atoms with Gasteiger partial charge in [0.1, 0.15) is 0 Å². The van der Waals surface area contributed by atoms with Gasteiger partial charge in [0.25, 0.3) is 5.91 Å². The third-order valence-electron chi connectivity index (χ3n) is 4.29. The lowest BCUT2D eigenvalue weighted by Crippen LogP contribution is -2.40. The van der Waals surface area contributed by atoms with Crippen LogP contribution in [0.3, 0.4) is 0 Å². The van der Waals surface area contributed by atoms with Gasteiger partial charge in [0.15, 0.2) is 0 Å². The fourth-order valence-corrected chi connectivity index (χ4v) is 3.68. The van der Waals surface area contributed by atoms with Crippen molar-refractivity contribution in [1.82, 2.24) is 4.90 Å². The third-order valence-corrected chi connectivity index (χ3v) is 4.96. The van der Waals surface area contributed by atoms with E-state index in [9.17, 15) is 4.79 Å². The molecule has 1 aliphatic carbocycles. The monoisotopic (exact) mass is 357 g/mol. The van der Waals surface area contributed by atoms with Crippen molar-refractivity contribution in [3.05, 3.63) is 33.3 Å². The van der Waals surface area contributed by atoms with Crippen LogP contribution in [0.2, 0.25) is 5.02 Å². The molecule has 0 atom stereocenters. The molecular weight excluding hydrogens is 338 g/mol. The van der Waals surface area contributed by atoms with Gasteiger partial charge in [-0.15, -0.1) is 0 Å². The molecule has 0 radical (unpaired) electrons. The average molecular weight is 359 g/mol. The predicted molar refractivity (Wildman–Crippen MR) is 87.3 cm³/mol. The normalized spacial score (nSPS) is 18.9. The van der Waals surface area contributed by atoms with Crippen molar-refractivity contribution < 1.29 is 4.79 Å². The summed E-state index contributed by atoms with van der Waals surface area (Å²) in [5, 5.41) is 0.584. The first-order valence-electron chi connectivity index (χ1n) is 7.02. The Bertz CT molecular complexity index is 485. The van der Waals surface area contributed by atoms with E-state index in [4.69, 9.17) is 11.6 Å². The van der Waals surface area contributed by atoms with Gasteiger partial charge < -0.3 is 4.90 Å². The molecule has 0 aromatic heterocycles. The van der Waals surface area contributed by atoms with Gasteiger partial charge in [-0.2, -0.15) is 0 Å². The Hall–Kier alpha value is -0.540. The summed E-state index contributed by atoms with van der Waals surface area (Å²) >= 11 is 9.41. The van der Waals surface area contributed by atoms with Crippen LogP contribution in [0.1, 0.15) is 49.9 Å². The van der Waals surface area contributed by atoms with Gasteiger partial charge in [0, 0.05) is 28.1 Å². The lowest BCUT2D eigenvalue weighted by atomic mass is 9.75. The molecule has 0 N–H and O–H groups in total. The molecule has 0 aliphatic heterocycles. The Morgan fingerprint density at radius 2 is 1.90 bits per heavy atom. The van der Waals surface area contributed by atoms with Crippen LogP contribution in [0.25, 0.3) is 0 Å². The fourth-order valence-electron chi connectivity index (χ4n) is 2.82. The van der Waals surface area contributed by atoms with Crippen LogP contribution < -0.4 is 0 Å². The Morgan fingerprint density at radius 3 is 2.45 bits per heavy atom. The second-order valence-electron chi connectivity index (χ2n) is 6.47. The summed E-state index contributed by atoms with van der Waals surface area (Å²) in [7, 11) is 1.90. The van der Waals surface area contributed by atoms with Crippen molar-refractivity contribution in [3.8, 4) is 0 Å². The molecule has 2 rings (SSSR count). The highest BCUT2D eigenvalue weighted by atomic mass is 79.9. The number of halogens is 2. The second-order valence-corrected chi connectivity index (χ2v) is 7.82. The summed E-state index contributed by atoms with van der Waals surface area (Å²) in [5.41, 5.74) is 1.07. The maximum absolute atomic E-state index is 12.6. The largest absolute Gasteiger partial charge is 0.339 e. The smallest absolute Gasteiger partial charge is 0.253 e. The molecule has 1 aromatic carbocycles. The molecule has 1 aromatic rings. The van der Waals surface area contributed by atoms with Gasteiger partial charge in [-0.25, -0.2) is 0 Å². The fraction of sp³-hybridized carbons (Fsp3) is 0.562. The summed E-state index contributed by atoms with van der Waals surface area (Å²) in [6.45, 7) is 4.61. The van der Waals surface area contributed by atoms with Gasteiger partial charge >= 0.3 is 0 Å². The van der Waals surface area contributed by atoms with Crippen LogP contribution in [0.4, 0.5) is 0 Å². The summed E-state index contributed by atoms with van der Waals surface area (Å²) in [5.74, 6) is 0.0536. The molecule has 2 nitrogen and oxygen atoms in total. The first-order valence-corrected chi connectivity index (χ1v) is 8.19. The Labute approximate surface area is 134 Å². The molecule has 0 spiro atoms. The van der Waals surface area contributed by atoms with E-state index in [0.717, 1.165) is 17.3 Å². The van der Waals surface area contributed by atoms with Crippen LogP contribution in [0, 0.1) is 5.41 Å². The van der Waals surface area contributed by atoms with Crippen LogP contribution in [0.5, 0.6) is 0 Å². The minimum Gasteiger partial charge on any atom is -0.339 e. The van der Waals surface area contributed by atoms with Crippen molar-refractivity contribution in [2.45, 2.75) is 45.6 Å². The molecule has 0 bridgehead atoms. The van der Waals surface area contributed by atoms with E-state index in [-0.39, 0.29) is 5.91 Å². The topological polar surface area (TPSA) is 20.3 Å². The highest BCUT2D eigenvalue weighted by Crippen LogP contribution is 2.37. The van der Waals surface area contributed by atoms with Crippen molar-refractivity contribution in [3.63, 3.8) is 0 Å². The summed E-state index contributed by atoms with van der Waals surface area (Å²) in [6.07, 6.45) is 4.51. The second kappa shape index (κ2) is 6.07. The first-order chi connectivity index (χ1) is 9.28. The molecule has 4 heteroatoms. The Kier molecular flexibility index (Phi) is 4.80. The summed E-state index contributed by atoms with van der Waals surface area (Å²) < 4.78 is 0.839. The highest BCUT2D eigenvalue weighted by Gasteiger charge is 2.30. The summed E-state index contributed by atoms with van der Waals surface area (Å²) in [4.78, 5) is 14.4. The van der Waals surface area contributed by atoms with Crippen LogP contribution >= 0.6 is 27.5 Å². The molecule has 1 saturated carbocycles. The number of nitrogens with zero attached hydrogens (tertiary/aromatic N) is 1. The number of amides is 1. The van der Waals surface area contributed by atoms with Crippen molar-refractivity contribution in [2.75, 3.05) is 7.05 Å². The van der Waals surface area contributed by atoms with Crippen molar-refractivity contribution in [1.29, 1.82) is 0 Å². The quantitative estimate of drug-likeness (QED) is 0.716. The Balaban J connectivity index is 2.09. The lowest BCUT2D eigenvalue weighted by Gasteiger charge is -2.38. The Morgan fingerprint density at radius 1 is 1.30 bits per heavy atom. The molecule has 20 heavy (non-hydrogen) atoms. The van der Waals surface area contributed by atoms with E-state index in [1.165, 1.54) is 12.8 Å². The SMILES string of the molecule is CN(C(=O)c1cc(Cl)cc(Br)c1)C1CCC(C)(C)CC1. The maximum Gasteiger partial charge on any atom is 0.253 e. The molecule has 0 unspecified atom stereocenters. The van der Waals surface area contributed by atoms with E-state index in [1.807, 2.05) is 18.0 Å². The molecule has 0 saturated heterocycles. The van der Waals surface area contributed by atoms with Gasteiger partial charge in [-0.3, -0.25) is 4.79 Å². The number of benzene rings is 1. The number of hydrogen-bond acceptors (Lipinski definition) is 1. The van der Waals surface area contributed by atoms with Gasteiger partial charge in [-0.05, 0) is 49.3 Å². The summed E-state index contributed by atoms with van der Waals surface area (Å²) in [6, 6.07) is 5.70. The van der Waals surface area contributed by atoms with Crippen molar-refractivity contribution in [2.24, 2.45) is 5.41 Å². The third kappa shape index (κ3) is 3.76. The van der Waals surface area contributed by atoms with Gasteiger partial charge in [0.05, 0.1) is 0 Å². The zero-order valence-corrected chi connectivity index (χ0v) is 14.6. The molecule has 1 aliphatic rings.